The number of hydrogen-bond acceptors (Lipinski definition) is 4. The molecule has 1 fully saturated rings. The molecule has 0 saturated carbocycles. The fourth-order valence-electron chi connectivity index (χ4n) is 2.41. The van der Waals surface area contributed by atoms with Crippen LogP contribution < -0.4 is 5.32 Å². The minimum atomic E-state index is -3.17. The van der Waals surface area contributed by atoms with Crippen molar-refractivity contribution in [2.45, 2.75) is 25.8 Å². The molecule has 1 atom stereocenters. The Balaban J connectivity index is 2.01. The highest BCUT2D eigenvalue weighted by Gasteiger charge is 2.28. The summed E-state index contributed by atoms with van der Waals surface area (Å²) < 4.78 is 26.4. The highest BCUT2D eigenvalue weighted by atomic mass is 32.2. The lowest BCUT2D eigenvalue weighted by Crippen LogP contribution is -2.37. The topological polar surface area (TPSA) is 49.4 Å². The van der Waals surface area contributed by atoms with Gasteiger partial charge in [0.2, 0.25) is 10.0 Å². The molecule has 1 N–H and O–H groups in total. The Morgan fingerprint density at radius 2 is 2.16 bits per heavy atom. The van der Waals surface area contributed by atoms with Crippen molar-refractivity contribution in [1.29, 1.82) is 0 Å². The normalized spacial score (nSPS) is 19.7. The van der Waals surface area contributed by atoms with Gasteiger partial charge in [0.05, 0.1) is 11.8 Å². The summed E-state index contributed by atoms with van der Waals surface area (Å²) in [4.78, 5) is 1.09. The zero-order valence-electron chi connectivity index (χ0n) is 11.5. The molecule has 6 heteroatoms. The maximum atomic E-state index is 12.4. The predicted molar refractivity (Wildman–Crippen MR) is 79.9 cm³/mol. The van der Waals surface area contributed by atoms with Gasteiger partial charge >= 0.3 is 0 Å². The second-order valence-corrected chi connectivity index (χ2v) is 8.23. The van der Waals surface area contributed by atoms with Crippen LogP contribution in [0.1, 0.15) is 30.7 Å². The van der Waals surface area contributed by atoms with E-state index in [-0.39, 0.29) is 11.8 Å². The van der Waals surface area contributed by atoms with Crippen LogP contribution in [0.4, 0.5) is 0 Å². The van der Waals surface area contributed by atoms with Crippen LogP contribution >= 0.6 is 11.3 Å². The van der Waals surface area contributed by atoms with Gasteiger partial charge in [-0.15, -0.1) is 11.3 Å². The van der Waals surface area contributed by atoms with Crippen LogP contribution in [0, 0.1) is 5.92 Å². The van der Waals surface area contributed by atoms with Gasteiger partial charge in [0.1, 0.15) is 0 Å². The SMILES string of the molecule is CC(c1cccs1)N(C)S(=O)(=O)CC1CCNCC1. The summed E-state index contributed by atoms with van der Waals surface area (Å²) in [5, 5.41) is 5.25. The van der Waals surface area contributed by atoms with Crippen molar-refractivity contribution in [3.05, 3.63) is 22.4 Å². The summed E-state index contributed by atoms with van der Waals surface area (Å²) >= 11 is 1.61. The van der Waals surface area contributed by atoms with Crippen molar-refractivity contribution in [1.82, 2.24) is 9.62 Å². The molecule has 0 radical (unpaired) electrons. The second-order valence-electron chi connectivity index (χ2n) is 5.18. The van der Waals surface area contributed by atoms with Crippen molar-refractivity contribution >= 4 is 21.4 Å². The third-order valence-corrected chi connectivity index (χ3v) is 6.97. The Labute approximate surface area is 119 Å². The lowest BCUT2D eigenvalue weighted by molar-refractivity contribution is 0.371. The van der Waals surface area contributed by atoms with Gasteiger partial charge in [-0.05, 0) is 50.2 Å². The summed E-state index contributed by atoms with van der Waals surface area (Å²) in [7, 11) is -1.48. The molecular formula is C13H22N2O2S2. The van der Waals surface area contributed by atoms with E-state index in [0.29, 0.717) is 5.92 Å². The van der Waals surface area contributed by atoms with E-state index in [9.17, 15) is 8.42 Å². The van der Waals surface area contributed by atoms with Gasteiger partial charge in [-0.1, -0.05) is 6.07 Å². The maximum absolute atomic E-state index is 12.4. The number of sulfonamides is 1. The van der Waals surface area contributed by atoms with Gasteiger partial charge in [-0.25, -0.2) is 8.42 Å². The molecule has 0 bridgehead atoms. The number of hydrogen-bond donors (Lipinski definition) is 1. The van der Waals surface area contributed by atoms with Crippen LogP contribution in [0.25, 0.3) is 0 Å². The standard InChI is InChI=1S/C13H22N2O2S2/c1-11(13-4-3-9-18-13)15(2)19(16,17)10-12-5-7-14-8-6-12/h3-4,9,11-12,14H,5-8,10H2,1-2H3. The van der Waals surface area contributed by atoms with Gasteiger partial charge in [0, 0.05) is 11.9 Å². The highest BCUT2D eigenvalue weighted by Crippen LogP contribution is 2.27. The van der Waals surface area contributed by atoms with Crippen LogP contribution in [0.5, 0.6) is 0 Å². The Bertz CT molecular complexity index is 479. The average Bonchev–Trinajstić information content (AvgIpc) is 2.91. The second kappa shape index (κ2) is 6.35. The summed E-state index contributed by atoms with van der Waals surface area (Å²) in [6, 6.07) is 3.88. The molecule has 1 aliphatic heterocycles. The molecule has 108 valence electrons. The molecule has 1 saturated heterocycles. The van der Waals surface area contributed by atoms with E-state index in [4.69, 9.17) is 0 Å². The number of nitrogens with one attached hydrogen (secondary N) is 1. The Hall–Kier alpha value is -0.430. The van der Waals surface area contributed by atoms with Crippen molar-refractivity contribution < 1.29 is 8.42 Å². The summed E-state index contributed by atoms with van der Waals surface area (Å²) in [5.74, 6) is 0.574. The zero-order chi connectivity index (χ0) is 13.9. The van der Waals surface area contributed by atoms with Gasteiger partial charge in [0.25, 0.3) is 0 Å². The molecule has 0 amide bonds. The van der Waals surface area contributed by atoms with Gasteiger partial charge in [-0.2, -0.15) is 4.31 Å². The van der Waals surface area contributed by atoms with Crippen molar-refractivity contribution in [3.63, 3.8) is 0 Å². The van der Waals surface area contributed by atoms with Crippen LogP contribution in [-0.4, -0.2) is 38.6 Å². The average molecular weight is 302 g/mol. The number of rotatable bonds is 5. The third kappa shape index (κ3) is 3.78. The number of piperidine rings is 1. The van der Waals surface area contributed by atoms with E-state index in [1.165, 1.54) is 4.31 Å². The molecule has 0 aliphatic carbocycles. The Morgan fingerprint density at radius 1 is 1.47 bits per heavy atom. The fourth-order valence-corrected chi connectivity index (χ4v) is 5.07. The number of nitrogens with zero attached hydrogens (tertiary/aromatic N) is 1. The van der Waals surface area contributed by atoms with Crippen LogP contribution in [-0.2, 0) is 10.0 Å². The van der Waals surface area contributed by atoms with E-state index in [0.717, 1.165) is 30.8 Å². The zero-order valence-corrected chi connectivity index (χ0v) is 13.1. The summed E-state index contributed by atoms with van der Waals surface area (Å²) in [6.45, 7) is 3.82. The van der Waals surface area contributed by atoms with Crippen LogP contribution in [0.2, 0.25) is 0 Å². The first kappa shape index (κ1) is 15.0. The molecule has 2 rings (SSSR count). The lowest BCUT2D eigenvalue weighted by atomic mass is 10.0. The van der Waals surface area contributed by atoms with Crippen molar-refractivity contribution in [2.24, 2.45) is 5.92 Å². The smallest absolute Gasteiger partial charge is 0.214 e. The molecule has 0 aromatic carbocycles. The van der Waals surface area contributed by atoms with E-state index < -0.39 is 10.0 Å². The largest absolute Gasteiger partial charge is 0.317 e. The van der Waals surface area contributed by atoms with Gasteiger partial charge in [0.15, 0.2) is 0 Å². The van der Waals surface area contributed by atoms with E-state index in [1.807, 2.05) is 24.4 Å². The summed E-state index contributed by atoms with van der Waals surface area (Å²) in [5.41, 5.74) is 0. The maximum Gasteiger partial charge on any atom is 0.214 e. The van der Waals surface area contributed by atoms with Crippen LogP contribution in [0.3, 0.4) is 0 Å². The molecule has 1 aliphatic rings. The molecule has 1 aromatic heterocycles. The Kier molecular flexibility index (Phi) is 5.00. The predicted octanol–water partition coefficient (Wildman–Crippen LogP) is 2.07. The molecule has 2 heterocycles. The molecular weight excluding hydrogens is 280 g/mol. The fraction of sp³-hybridized carbons (Fsp3) is 0.692. The Morgan fingerprint density at radius 3 is 2.74 bits per heavy atom. The summed E-state index contributed by atoms with van der Waals surface area (Å²) in [6.07, 6.45) is 1.92. The first-order valence-electron chi connectivity index (χ1n) is 6.70. The quantitative estimate of drug-likeness (QED) is 0.906. The molecule has 19 heavy (non-hydrogen) atoms. The monoisotopic (exact) mass is 302 g/mol. The number of thiophene rings is 1. The van der Waals surface area contributed by atoms with E-state index in [1.54, 1.807) is 18.4 Å². The molecule has 4 nitrogen and oxygen atoms in total. The molecule has 0 spiro atoms. The minimum absolute atomic E-state index is 0.0771. The third-order valence-electron chi connectivity index (χ3n) is 3.84. The van der Waals surface area contributed by atoms with Crippen molar-refractivity contribution in [3.8, 4) is 0 Å². The first-order chi connectivity index (χ1) is 9.00. The van der Waals surface area contributed by atoms with Crippen LogP contribution in [0.15, 0.2) is 17.5 Å². The van der Waals surface area contributed by atoms with Gasteiger partial charge < -0.3 is 5.32 Å². The highest BCUT2D eigenvalue weighted by molar-refractivity contribution is 7.89. The van der Waals surface area contributed by atoms with E-state index in [2.05, 4.69) is 5.32 Å². The van der Waals surface area contributed by atoms with Crippen molar-refractivity contribution in [2.75, 3.05) is 25.9 Å². The van der Waals surface area contributed by atoms with E-state index >= 15 is 0 Å². The van der Waals surface area contributed by atoms with Gasteiger partial charge in [-0.3, -0.25) is 0 Å². The minimum Gasteiger partial charge on any atom is -0.317 e. The lowest BCUT2D eigenvalue weighted by Gasteiger charge is -2.28. The molecule has 1 unspecified atom stereocenters. The first-order valence-corrected chi connectivity index (χ1v) is 9.19. The molecule has 1 aromatic rings.